The van der Waals surface area contributed by atoms with Gasteiger partial charge in [0.1, 0.15) is 0 Å². The maximum atomic E-state index is 4.87. The minimum Gasteiger partial charge on any atom is -0.103 e. The second-order valence-corrected chi connectivity index (χ2v) is 13.4. The van der Waals surface area contributed by atoms with Crippen LogP contribution in [0.2, 0.25) is 0 Å². The van der Waals surface area contributed by atoms with Crippen molar-refractivity contribution in [3.63, 3.8) is 0 Å². The highest BCUT2D eigenvalue weighted by Crippen LogP contribution is 2.74. The van der Waals surface area contributed by atoms with Crippen LogP contribution in [0.3, 0.4) is 0 Å². The van der Waals surface area contributed by atoms with Crippen molar-refractivity contribution in [3.8, 4) is 0 Å². The third-order valence-corrected chi connectivity index (χ3v) is 11.8. The molecule has 0 amide bonds. The Balaban J connectivity index is 1.97. The number of hydrogen-bond donors (Lipinski definition) is 0. The van der Waals surface area contributed by atoms with E-state index in [1.807, 2.05) is 6.08 Å². The molecule has 0 saturated heterocycles. The summed E-state index contributed by atoms with van der Waals surface area (Å²) >= 11 is 0. The number of benzene rings is 1. The molecule has 0 radical (unpaired) electrons. The first-order valence-electron chi connectivity index (χ1n) is 14.5. The fourth-order valence-corrected chi connectivity index (χ4v) is 9.05. The summed E-state index contributed by atoms with van der Waals surface area (Å²) in [5, 5.41) is 0. The highest BCUT2D eigenvalue weighted by Gasteiger charge is 2.64. The van der Waals surface area contributed by atoms with Crippen molar-refractivity contribution < 1.29 is 0 Å². The van der Waals surface area contributed by atoms with Gasteiger partial charge in [0.2, 0.25) is 0 Å². The van der Waals surface area contributed by atoms with Gasteiger partial charge in [0, 0.05) is 10.8 Å². The Morgan fingerprint density at radius 2 is 1.68 bits per heavy atom. The maximum absolute atomic E-state index is 4.87. The predicted molar refractivity (Wildman–Crippen MR) is 168 cm³/mol. The monoisotopic (exact) mass is 506 g/mol. The van der Waals surface area contributed by atoms with Crippen molar-refractivity contribution in [2.45, 2.75) is 93.9 Å². The van der Waals surface area contributed by atoms with Crippen molar-refractivity contribution >= 4 is 5.57 Å². The number of rotatable bonds is 6. The topological polar surface area (TPSA) is 0 Å². The molecule has 0 nitrogen and oxygen atoms in total. The summed E-state index contributed by atoms with van der Waals surface area (Å²) in [5.74, 6) is 0.830. The van der Waals surface area contributed by atoms with Gasteiger partial charge in [-0.1, -0.05) is 101 Å². The van der Waals surface area contributed by atoms with Crippen LogP contribution in [0, 0.1) is 29.1 Å². The Kier molecular flexibility index (Phi) is 6.92. The summed E-state index contributed by atoms with van der Waals surface area (Å²) in [4.78, 5) is 0. The molecule has 0 aromatic heterocycles. The van der Waals surface area contributed by atoms with Crippen LogP contribution < -0.4 is 0 Å². The lowest BCUT2D eigenvalue weighted by Gasteiger charge is -2.67. The Morgan fingerprint density at radius 1 is 1.05 bits per heavy atom. The number of hydrogen-bond acceptors (Lipinski definition) is 0. The van der Waals surface area contributed by atoms with E-state index >= 15 is 0 Å². The molecule has 0 heteroatoms. The van der Waals surface area contributed by atoms with Crippen LogP contribution in [0.25, 0.3) is 5.57 Å². The van der Waals surface area contributed by atoms with Crippen LogP contribution >= 0.6 is 0 Å². The van der Waals surface area contributed by atoms with E-state index in [-0.39, 0.29) is 16.2 Å². The fourth-order valence-electron chi connectivity index (χ4n) is 9.05. The first kappa shape index (κ1) is 28.4. The van der Waals surface area contributed by atoms with E-state index in [9.17, 15) is 0 Å². The molecule has 0 aliphatic heterocycles. The smallest absolute Gasteiger partial charge is 0.0196 e. The molecule has 5 atom stereocenters. The van der Waals surface area contributed by atoms with E-state index in [2.05, 4.69) is 94.2 Å². The Hall–Kier alpha value is -2.60. The zero-order valence-corrected chi connectivity index (χ0v) is 25.8. The number of allylic oxidation sites excluding steroid dienone is 9. The molecule has 3 aliphatic carbocycles. The highest BCUT2D eigenvalue weighted by molar-refractivity contribution is 5.88. The van der Waals surface area contributed by atoms with Crippen LogP contribution in [0.1, 0.15) is 103 Å². The van der Waals surface area contributed by atoms with Crippen molar-refractivity contribution in [1.29, 1.82) is 0 Å². The Morgan fingerprint density at radius 3 is 2.26 bits per heavy atom. The van der Waals surface area contributed by atoms with Crippen LogP contribution in [0.4, 0.5) is 0 Å². The zero-order valence-electron chi connectivity index (χ0n) is 25.8. The zero-order chi connectivity index (χ0) is 28.5. The quantitative estimate of drug-likeness (QED) is 0.337. The molecule has 0 fully saturated rings. The summed E-state index contributed by atoms with van der Waals surface area (Å²) in [6.07, 6.45) is 5.95. The van der Waals surface area contributed by atoms with Crippen molar-refractivity contribution in [1.82, 2.24) is 0 Å². The summed E-state index contributed by atoms with van der Waals surface area (Å²) in [6, 6.07) is 4.76. The highest BCUT2D eigenvalue weighted by atomic mass is 14.7. The SMILES string of the molecule is C=CCCC(=C)Cc1ccc2c(c1C)C(=C)C1=C(C)[C@@]3(C)C(=C)C(C(=C)C)=C(C)C[C@@]3(C)[C@H](C)[C@@]1(C)[C@@H]2C. The average molecular weight is 507 g/mol. The second-order valence-electron chi connectivity index (χ2n) is 13.4. The van der Waals surface area contributed by atoms with Gasteiger partial charge in [-0.25, -0.2) is 0 Å². The van der Waals surface area contributed by atoms with E-state index in [1.54, 1.807) is 0 Å². The molecule has 0 N–H and O–H groups in total. The van der Waals surface area contributed by atoms with Crippen LogP contribution in [0.15, 0.2) is 90.1 Å². The lowest BCUT2D eigenvalue weighted by atomic mass is 9.37. The molecule has 38 heavy (non-hydrogen) atoms. The number of fused-ring (bicyclic) bond motifs is 3. The third kappa shape index (κ3) is 3.48. The van der Waals surface area contributed by atoms with Crippen molar-refractivity contribution in [3.05, 3.63) is 112 Å². The third-order valence-electron chi connectivity index (χ3n) is 11.8. The summed E-state index contributed by atoms with van der Waals surface area (Å²) < 4.78 is 0. The molecule has 0 heterocycles. The van der Waals surface area contributed by atoms with Crippen LogP contribution in [-0.2, 0) is 6.42 Å². The molecule has 202 valence electrons. The van der Waals surface area contributed by atoms with Gasteiger partial charge in [-0.15, -0.1) is 6.58 Å². The van der Waals surface area contributed by atoms with Gasteiger partial charge in [0.05, 0.1) is 0 Å². The standard InChI is InChI=1S/C38H50/c1-15-16-17-23(4)20-31-18-19-32-27(8)37(13)30(11)36(12)21-24(5)33(22(2)3)28(9)38(36,14)29(10)35(37)26(7)34(32)25(31)6/h15,18-19,27,30H,1-2,4,7,9,16-17,20-21H2,3,5-6,8,10-14H3/t27-,30+,36+,37-,38-/m1/s1. The average Bonchev–Trinajstić information content (AvgIpc) is 2.84. The molecule has 0 unspecified atom stereocenters. The maximum Gasteiger partial charge on any atom is 0.0196 e. The molecule has 4 rings (SSSR count). The molecule has 0 bridgehead atoms. The van der Waals surface area contributed by atoms with Gasteiger partial charge in [-0.3, -0.25) is 0 Å². The minimum absolute atomic E-state index is 0.00870. The summed E-state index contributed by atoms with van der Waals surface area (Å²) in [7, 11) is 0. The predicted octanol–water partition coefficient (Wildman–Crippen LogP) is 11.0. The van der Waals surface area contributed by atoms with Crippen LogP contribution in [-0.4, -0.2) is 0 Å². The van der Waals surface area contributed by atoms with E-state index in [0.29, 0.717) is 11.8 Å². The Labute approximate surface area is 233 Å². The largest absolute Gasteiger partial charge is 0.103 e. The first-order valence-corrected chi connectivity index (χ1v) is 14.5. The second kappa shape index (κ2) is 9.25. The molecule has 0 spiro atoms. The van der Waals surface area contributed by atoms with E-state index < -0.39 is 0 Å². The summed E-state index contributed by atoms with van der Waals surface area (Å²) in [5.41, 5.74) is 16.0. The van der Waals surface area contributed by atoms with Gasteiger partial charge >= 0.3 is 0 Å². The molecular weight excluding hydrogens is 456 g/mol. The lowest BCUT2D eigenvalue weighted by Crippen LogP contribution is -2.58. The minimum atomic E-state index is -0.153. The lowest BCUT2D eigenvalue weighted by molar-refractivity contribution is -0.0260. The Bertz CT molecular complexity index is 1350. The van der Waals surface area contributed by atoms with Crippen molar-refractivity contribution in [2.75, 3.05) is 0 Å². The molecular formula is C38H50. The first-order chi connectivity index (χ1) is 17.6. The van der Waals surface area contributed by atoms with Gasteiger partial charge in [0.15, 0.2) is 0 Å². The van der Waals surface area contributed by atoms with E-state index in [0.717, 1.165) is 31.3 Å². The van der Waals surface area contributed by atoms with Crippen molar-refractivity contribution in [2.24, 2.45) is 22.2 Å². The van der Waals surface area contributed by atoms with Gasteiger partial charge < -0.3 is 0 Å². The molecule has 3 aliphatic rings. The normalized spacial score (nSPS) is 32.6. The van der Waals surface area contributed by atoms with E-state index in [4.69, 9.17) is 13.2 Å². The van der Waals surface area contributed by atoms with Crippen LogP contribution in [0.5, 0.6) is 0 Å². The van der Waals surface area contributed by atoms with Gasteiger partial charge in [-0.05, 0) is 115 Å². The molecule has 1 aromatic rings. The van der Waals surface area contributed by atoms with E-state index in [1.165, 1.54) is 61.3 Å². The summed E-state index contributed by atoms with van der Waals surface area (Å²) in [6.45, 7) is 43.9. The fraction of sp³-hybridized carbons (Fsp3) is 0.474. The van der Waals surface area contributed by atoms with Gasteiger partial charge in [0.25, 0.3) is 0 Å². The molecule has 0 saturated carbocycles. The van der Waals surface area contributed by atoms with Gasteiger partial charge in [-0.2, -0.15) is 0 Å². The molecule has 1 aromatic carbocycles.